The van der Waals surface area contributed by atoms with E-state index in [0.717, 1.165) is 0 Å². The highest BCUT2D eigenvalue weighted by Crippen LogP contribution is 2.27. The fourth-order valence-corrected chi connectivity index (χ4v) is 6.40. The Hall–Kier alpha value is -2.51. The monoisotopic (exact) mass is 553 g/mol. The summed E-state index contributed by atoms with van der Waals surface area (Å²) in [7, 11) is -3.59. The van der Waals surface area contributed by atoms with E-state index in [1.165, 1.54) is 51.7 Å². The molecular formula is C22H24ClN5O4S3. The Morgan fingerprint density at radius 2 is 1.77 bits per heavy atom. The number of nitrogens with one attached hydrogen (secondary N) is 2. The third-order valence-corrected chi connectivity index (χ3v) is 9.02. The molecule has 0 saturated carbocycles. The summed E-state index contributed by atoms with van der Waals surface area (Å²) in [6.07, 6.45) is 0.265. The molecule has 0 atom stereocenters. The molecule has 1 aromatic heterocycles. The van der Waals surface area contributed by atoms with Gasteiger partial charge in [-0.3, -0.25) is 14.9 Å². The van der Waals surface area contributed by atoms with Gasteiger partial charge in [0.05, 0.1) is 4.90 Å². The first-order valence-corrected chi connectivity index (χ1v) is 14.3. The highest BCUT2D eigenvalue weighted by Gasteiger charge is 2.22. The number of sulfonamides is 1. The standard InChI is InChI=1S/C22H24ClN5O4S3/c1-3-28(4-2)35(31,32)18-10-8-15(9-11-18)20(30)25-21-26-27-22(34-21)33-13-12-19(29)24-17-7-5-6-16(23)14-17/h5-11,14H,3-4,12-13H2,1-2H3,(H,24,29)(H,25,26,30). The minimum atomic E-state index is -3.59. The molecule has 0 bridgehead atoms. The van der Waals surface area contributed by atoms with Gasteiger partial charge in [0.1, 0.15) is 0 Å². The molecule has 13 heteroatoms. The molecule has 1 heterocycles. The van der Waals surface area contributed by atoms with Crippen molar-refractivity contribution in [2.24, 2.45) is 0 Å². The summed E-state index contributed by atoms with van der Waals surface area (Å²) >= 11 is 8.45. The average Bonchev–Trinajstić information content (AvgIpc) is 3.26. The second-order valence-corrected chi connectivity index (χ2v) is 11.8. The number of benzene rings is 2. The summed E-state index contributed by atoms with van der Waals surface area (Å²) in [4.78, 5) is 24.7. The summed E-state index contributed by atoms with van der Waals surface area (Å²) in [5.41, 5.74) is 0.928. The van der Waals surface area contributed by atoms with Crippen molar-refractivity contribution in [2.45, 2.75) is 29.5 Å². The fourth-order valence-electron chi connectivity index (χ4n) is 3.00. The molecule has 0 saturated heterocycles. The van der Waals surface area contributed by atoms with Crippen LogP contribution in [0.1, 0.15) is 30.6 Å². The van der Waals surface area contributed by atoms with Crippen molar-refractivity contribution in [2.75, 3.05) is 29.5 Å². The van der Waals surface area contributed by atoms with Crippen LogP contribution in [-0.2, 0) is 14.8 Å². The smallest absolute Gasteiger partial charge is 0.257 e. The zero-order valence-electron chi connectivity index (χ0n) is 19.0. The van der Waals surface area contributed by atoms with Gasteiger partial charge in [0, 0.05) is 41.5 Å². The number of carbonyl (C=O) groups excluding carboxylic acids is 2. The molecule has 3 aromatic rings. The van der Waals surface area contributed by atoms with Crippen LogP contribution in [0.25, 0.3) is 0 Å². The number of nitrogens with zero attached hydrogens (tertiary/aromatic N) is 3. The molecule has 3 rings (SSSR count). The quantitative estimate of drug-likeness (QED) is 0.263. The normalized spacial score (nSPS) is 11.4. The number of rotatable bonds is 11. The van der Waals surface area contributed by atoms with E-state index in [1.54, 1.807) is 38.1 Å². The summed E-state index contributed by atoms with van der Waals surface area (Å²) in [5.74, 6) is -0.0908. The molecule has 0 aliphatic carbocycles. The lowest BCUT2D eigenvalue weighted by molar-refractivity contribution is -0.115. The van der Waals surface area contributed by atoms with E-state index in [1.807, 2.05) is 0 Å². The minimum absolute atomic E-state index is 0.131. The van der Waals surface area contributed by atoms with Crippen molar-refractivity contribution >= 4 is 67.4 Å². The van der Waals surface area contributed by atoms with Crippen molar-refractivity contribution in [3.8, 4) is 0 Å². The van der Waals surface area contributed by atoms with E-state index in [-0.39, 0.29) is 17.2 Å². The van der Waals surface area contributed by atoms with Gasteiger partial charge in [-0.1, -0.05) is 54.6 Å². The largest absolute Gasteiger partial charge is 0.326 e. The van der Waals surface area contributed by atoms with Gasteiger partial charge < -0.3 is 5.32 Å². The van der Waals surface area contributed by atoms with Crippen LogP contribution in [0.5, 0.6) is 0 Å². The summed E-state index contributed by atoms with van der Waals surface area (Å²) < 4.78 is 27.1. The lowest BCUT2D eigenvalue weighted by Gasteiger charge is -2.18. The van der Waals surface area contributed by atoms with Gasteiger partial charge in [-0.2, -0.15) is 4.31 Å². The number of hydrogen-bond acceptors (Lipinski definition) is 8. The van der Waals surface area contributed by atoms with Gasteiger partial charge in [0.15, 0.2) is 4.34 Å². The van der Waals surface area contributed by atoms with Crippen molar-refractivity contribution in [3.63, 3.8) is 0 Å². The third kappa shape index (κ3) is 7.48. The van der Waals surface area contributed by atoms with Crippen molar-refractivity contribution < 1.29 is 18.0 Å². The molecule has 0 unspecified atom stereocenters. The van der Waals surface area contributed by atoms with Crippen LogP contribution in [0.15, 0.2) is 57.8 Å². The number of hydrogen-bond donors (Lipinski definition) is 2. The van der Waals surface area contributed by atoms with Gasteiger partial charge in [0.25, 0.3) is 5.91 Å². The van der Waals surface area contributed by atoms with Crippen molar-refractivity contribution in [1.29, 1.82) is 0 Å². The highest BCUT2D eigenvalue weighted by atomic mass is 35.5. The molecule has 2 N–H and O–H groups in total. The molecule has 0 radical (unpaired) electrons. The van der Waals surface area contributed by atoms with Gasteiger partial charge in [0.2, 0.25) is 21.1 Å². The summed E-state index contributed by atoms with van der Waals surface area (Å²) in [5, 5.41) is 14.3. The van der Waals surface area contributed by atoms with Gasteiger partial charge >= 0.3 is 0 Å². The topological polar surface area (TPSA) is 121 Å². The third-order valence-electron chi connectivity index (χ3n) is 4.75. The molecule has 0 spiro atoms. The Morgan fingerprint density at radius 3 is 2.43 bits per heavy atom. The first kappa shape index (κ1) is 27.1. The Kier molecular flexibility index (Phi) is 9.63. The maximum atomic E-state index is 12.6. The van der Waals surface area contributed by atoms with Crippen LogP contribution in [0.2, 0.25) is 5.02 Å². The van der Waals surface area contributed by atoms with E-state index in [9.17, 15) is 18.0 Å². The maximum Gasteiger partial charge on any atom is 0.257 e. The Bertz CT molecular complexity index is 1280. The predicted octanol–water partition coefficient (Wildman–Crippen LogP) is 4.60. The van der Waals surface area contributed by atoms with E-state index >= 15 is 0 Å². The summed E-state index contributed by atoms with van der Waals surface area (Å²) in [6, 6.07) is 12.7. The lowest BCUT2D eigenvalue weighted by atomic mass is 10.2. The molecule has 35 heavy (non-hydrogen) atoms. The van der Waals surface area contributed by atoms with Gasteiger partial charge in [-0.05, 0) is 42.5 Å². The summed E-state index contributed by atoms with van der Waals surface area (Å²) in [6.45, 7) is 4.27. The molecule has 0 aliphatic heterocycles. The molecular weight excluding hydrogens is 530 g/mol. The average molecular weight is 554 g/mol. The van der Waals surface area contributed by atoms with Crippen molar-refractivity contribution in [1.82, 2.24) is 14.5 Å². The molecule has 2 aromatic carbocycles. The van der Waals surface area contributed by atoms with E-state index in [4.69, 9.17) is 11.6 Å². The second-order valence-electron chi connectivity index (χ2n) is 7.10. The highest BCUT2D eigenvalue weighted by molar-refractivity contribution is 8.01. The SMILES string of the molecule is CCN(CC)S(=O)(=O)c1ccc(C(=O)Nc2nnc(SCCC(=O)Nc3cccc(Cl)c3)s2)cc1. The van der Waals surface area contributed by atoms with E-state index in [2.05, 4.69) is 20.8 Å². The lowest BCUT2D eigenvalue weighted by Crippen LogP contribution is -2.30. The second kappa shape index (κ2) is 12.5. The first-order chi connectivity index (χ1) is 16.7. The van der Waals surface area contributed by atoms with Crippen molar-refractivity contribution in [3.05, 3.63) is 59.1 Å². The number of amides is 2. The first-order valence-electron chi connectivity index (χ1n) is 10.7. The number of halogens is 1. The van der Waals surface area contributed by atoms with Crippen LogP contribution in [0.4, 0.5) is 10.8 Å². The van der Waals surface area contributed by atoms with Crippen LogP contribution in [0, 0.1) is 0 Å². The van der Waals surface area contributed by atoms with Crippen LogP contribution in [0.3, 0.4) is 0 Å². The minimum Gasteiger partial charge on any atom is -0.326 e. The zero-order valence-corrected chi connectivity index (χ0v) is 22.2. The van der Waals surface area contributed by atoms with Gasteiger partial charge in [-0.15, -0.1) is 10.2 Å². The molecule has 2 amide bonds. The van der Waals surface area contributed by atoms with E-state index < -0.39 is 15.9 Å². The van der Waals surface area contributed by atoms with Crippen LogP contribution in [-0.4, -0.2) is 53.6 Å². The Balaban J connectivity index is 1.50. The molecule has 0 aliphatic rings. The number of aromatic nitrogens is 2. The number of carbonyl (C=O) groups is 2. The van der Waals surface area contributed by atoms with E-state index in [0.29, 0.717) is 44.6 Å². The zero-order chi connectivity index (χ0) is 25.4. The van der Waals surface area contributed by atoms with Gasteiger partial charge in [-0.25, -0.2) is 8.42 Å². The molecule has 0 fully saturated rings. The van der Waals surface area contributed by atoms with Crippen LogP contribution < -0.4 is 10.6 Å². The number of anilines is 2. The van der Waals surface area contributed by atoms with Crippen LogP contribution >= 0.6 is 34.7 Å². The fraction of sp³-hybridized carbons (Fsp3) is 0.273. The maximum absolute atomic E-state index is 12.6. The predicted molar refractivity (Wildman–Crippen MR) is 140 cm³/mol. The number of thioether (sulfide) groups is 1. The Labute approximate surface area is 217 Å². The molecule has 9 nitrogen and oxygen atoms in total. The Morgan fingerprint density at radius 1 is 1.06 bits per heavy atom. The molecule has 186 valence electrons.